The van der Waals surface area contributed by atoms with E-state index in [9.17, 15) is 4.79 Å². The Balaban J connectivity index is 1.37. The molecule has 2 aromatic carbocycles. The third-order valence-corrected chi connectivity index (χ3v) is 7.46. The first-order valence-electron chi connectivity index (χ1n) is 10.4. The number of hydrogen-bond donors (Lipinski definition) is 1. The molecule has 0 saturated carbocycles. The van der Waals surface area contributed by atoms with Crippen molar-refractivity contribution in [2.75, 3.05) is 25.5 Å². The van der Waals surface area contributed by atoms with Crippen molar-refractivity contribution in [1.82, 2.24) is 9.88 Å². The van der Waals surface area contributed by atoms with Gasteiger partial charge >= 0.3 is 0 Å². The van der Waals surface area contributed by atoms with Gasteiger partial charge in [-0.15, -0.1) is 11.3 Å². The summed E-state index contributed by atoms with van der Waals surface area (Å²) in [6, 6.07) is 16.0. The van der Waals surface area contributed by atoms with Crippen molar-refractivity contribution in [3.8, 4) is 16.2 Å². The number of fused-ring (bicyclic) bond motifs is 1. The number of ether oxygens (including phenoxy) is 1. The van der Waals surface area contributed by atoms with E-state index in [1.54, 1.807) is 18.4 Å². The van der Waals surface area contributed by atoms with E-state index < -0.39 is 0 Å². The normalized spacial score (nSPS) is 14.2. The summed E-state index contributed by atoms with van der Waals surface area (Å²) in [5.74, 6) is 0.557. The van der Waals surface area contributed by atoms with Gasteiger partial charge < -0.3 is 4.74 Å². The number of carbonyl (C=O) groups is 1. The van der Waals surface area contributed by atoms with E-state index in [0.29, 0.717) is 16.4 Å². The van der Waals surface area contributed by atoms with Crippen LogP contribution in [0.4, 0.5) is 5.13 Å². The van der Waals surface area contributed by atoms with Gasteiger partial charge in [-0.3, -0.25) is 15.0 Å². The predicted octanol–water partition coefficient (Wildman–Crippen LogP) is 5.88. The second-order valence-electron chi connectivity index (χ2n) is 7.62. The monoisotopic (exact) mass is 449 g/mol. The topological polar surface area (TPSA) is 54.5 Å². The third kappa shape index (κ3) is 4.21. The molecular formula is C24H23N3O2S2. The van der Waals surface area contributed by atoms with E-state index in [0.717, 1.165) is 35.4 Å². The van der Waals surface area contributed by atoms with Gasteiger partial charge in [-0.1, -0.05) is 29.5 Å². The van der Waals surface area contributed by atoms with E-state index in [4.69, 9.17) is 4.74 Å². The molecule has 3 heterocycles. The van der Waals surface area contributed by atoms with Crippen LogP contribution in [-0.2, 0) is 6.54 Å². The van der Waals surface area contributed by atoms with Crippen LogP contribution < -0.4 is 10.1 Å². The van der Waals surface area contributed by atoms with Gasteiger partial charge in [0.25, 0.3) is 5.91 Å². The first kappa shape index (κ1) is 20.2. The number of nitrogens with one attached hydrogen (secondary N) is 1. The summed E-state index contributed by atoms with van der Waals surface area (Å²) in [5.41, 5.74) is 3.75. The van der Waals surface area contributed by atoms with Gasteiger partial charge in [-0.2, -0.15) is 0 Å². The molecule has 1 saturated heterocycles. The van der Waals surface area contributed by atoms with Crippen molar-refractivity contribution in [2.24, 2.45) is 0 Å². The molecule has 1 aliphatic rings. The fourth-order valence-corrected chi connectivity index (χ4v) is 5.78. The number of thiophene rings is 1. The molecule has 158 valence electrons. The Bertz CT molecular complexity index is 1190. The molecule has 0 radical (unpaired) electrons. The number of hydrogen-bond acceptors (Lipinski definition) is 6. The molecule has 1 fully saturated rings. The molecule has 2 aromatic heterocycles. The lowest BCUT2D eigenvalue weighted by Gasteiger charge is -2.14. The van der Waals surface area contributed by atoms with E-state index >= 15 is 0 Å². The Kier molecular flexibility index (Phi) is 5.72. The van der Waals surface area contributed by atoms with Crippen LogP contribution in [0, 0.1) is 0 Å². The van der Waals surface area contributed by atoms with Crippen LogP contribution in [0.15, 0.2) is 53.9 Å². The molecule has 0 bridgehead atoms. The highest BCUT2D eigenvalue weighted by molar-refractivity contribution is 7.23. The Hall–Kier alpha value is -2.74. The molecule has 0 unspecified atom stereocenters. The molecule has 0 aliphatic carbocycles. The van der Waals surface area contributed by atoms with Crippen LogP contribution in [0.3, 0.4) is 0 Å². The Labute approximate surface area is 189 Å². The van der Waals surface area contributed by atoms with E-state index in [1.165, 1.54) is 34.6 Å². The van der Waals surface area contributed by atoms with Crippen molar-refractivity contribution >= 4 is 43.9 Å². The second kappa shape index (κ2) is 8.78. The molecule has 7 heteroatoms. The van der Waals surface area contributed by atoms with Crippen LogP contribution >= 0.6 is 22.7 Å². The Morgan fingerprint density at radius 2 is 1.94 bits per heavy atom. The molecule has 31 heavy (non-hydrogen) atoms. The largest absolute Gasteiger partial charge is 0.494 e. The van der Waals surface area contributed by atoms with Gasteiger partial charge in [0, 0.05) is 22.5 Å². The molecule has 5 nitrogen and oxygen atoms in total. The Morgan fingerprint density at radius 3 is 2.65 bits per heavy atom. The lowest BCUT2D eigenvalue weighted by atomic mass is 10.1. The summed E-state index contributed by atoms with van der Waals surface area (Å²) in [4.78, 5) is 21.1. The summed E-state index contributed by atoms with van der Waals surface area (Å²) in [7, 11) is 1.64. The van der Waals surface area contributed by atoms with Crippen LogP contribution in [0.1, 0.15) is 28.8 Å². The summed E-state index contributed by atoms with van der Waals surface area (Å²) < 4.78 is 6.51. The molecular weight excluding hydrogens is 426 g/mol. The van der Waals surface area contributed by atoms with Crippen molar-refractivity contribution in [3.05, 3.63) is 65.0 Å². The summed E-state index contributed by atoms with van der Waals surface area (Å²) in [5, 5.41) is 5.60. The maximum Gasteiger partial charge on any atom is 0.257 e. The SMILES string of the molecule is COc1ccc(-c2cccs2)c2sc(NC(=O)c3ccc(CN4CCCC4)cc3)nc12. The number of amides is 1. The minimum Gasteiger partial charge on any atom is -0.494 e. The average molecular weight is 450 g/mol. The van der Waals surface area contributed by atoms with Gasteiger partial charge in [0.05, 0.1) is 11.8 Å². The van der Waals surface area contributed by atoms with Gasteiger partial charge in [-0.05, 0) is 67.2 Å². The number of aromatic nitrogens is 1. The minimum atomic E-state index is -0.150. The average Bonchev–Trinajstić information content (AvgIpc) is 3.55. The zero-order valence-corrected chi connectivity index (χ0v) is 18.9. The molecule has 1 aliphatic heterocycles. The maximum atomic E-state index is 12.8. The van der Waals surface area contributed by atoms with Crippen LogP contribution in [-0.4, -0.2) is 36.0 Å². The van der Waals surface area contributed by atoms with Crippen LogP contribution in [0.2, 0.25) is 0 Å². The zero-order valence-electron chi connectivity index (χ0n) is 17.3. The van der Waals surface area contributed by atoms with Crippen LogP contribution in [0.5, 0.6) is 5.75 Å². The number of benzene rings is 2. The summed E-state index contributed by atoms with van der Waals surface area (Å²) >= 11 is 3.16. The number of nitrogens with zero attached hydrogens (tertiary/aromatic N) is 2. The van der Waals surface area contributed by atoms with Gasteiger partial charge in [-0.25, -0.2) is 4.98 Å². The quantitative estimate of drug-likeness (QED) is 0.399. The number of rotatable bonds is 6. The van der Waals surface area contributed by atoms with E-state index in [1.807, 2.05) is 36.4 Å². The fraction of sp³-hybridized carbons (Fsp3) is 0.250. The van der Waals surface area contributed by atoms with E-state index in [-0.39, 0.29) is 5.91 Å². The predicted molar refractivity (Wildman–Crippen MR) is 128 cm³/mol. The molecule has 5 rings (SSSR count). The summed E-state index contributed by atoms with van der Waals surface area (Å²) in [6.07, 6.45) is 2.56. The number of thiazole rings is 1. The highest BCUT2D eigenvalue weighted by atomic mass is 32.1. The standard InChI is InChI=1S/C24H23N3O2S2/c1-29-19-11-10-18(20-5-4-14-30-20)22-21(19)25-24(31-22)26-23(28)17-8-6-16(7-9-17)15-27-12-2-3-13-27/h4-11,14H,2-3,12-13,15H2,1H3,(H,25,26,28). The second-order valence-corrected chi connectivity index (χ2v) is 9.57. The number of anilines is 1. The number of carbonyl (C=O) groups excluding carboxylic acids is 1. The number of methoxy groups -OCH3 is 1. The van der Waals surface area contributed by atoms with Crippen molar-refractivity contribution in [3.63, 3.8) is 0 Å². The third-order valence-electron chi connectivity index (χ3n) is 5.55. The lowest BCUT2D eigenvalue weighted by Crippen LogP contribution is -2.18. The van der Waals surface area contributed by atoms with Crippen molar-refractivity contribution in [1.29, 1.82) is 0 Å². The highest BCUT2D eigenvalue weighted by Crippen LogP contribution is 2.41. The van der Waals surface area contributed by atoms with E-state index in [2.05, 4.69) is 32.7 Å². The smallest absolute Gasteiger partial charge is 0.257 e. The van der Waals surface area contributed by atoms with Gasteiger partial charge in [0.2, 0.25) is 0 Å². The lowest BCUT2D eigenvalue weighted by molar-refractivity contribution is 0.102. The van der Waals surface area contributed by atoms with Gasteiger partial charge in [0.1, 0.15) is 11.3 Å². The molecule has 1 N–H and O–H groups in total. The molecule has 0 atom stereocenters. The molecule has 1 amide bonds. The first-order valence-corrected chi connectivity index (χ1v) is 12.0. The molecule has 0 spiro atoms. The van der Waals surface area contributed by atoms with Crippen molar-refractivity contribution in [2.45, 2.75) is 19.4 Å². The minimum absolute atomic E-state index is 0.150. The zero-order chi connectivity index (χ0) is 21.2. The van der Waals surface area contributed by atoms with Crippen LogP contribution in [0.25, 0.3) is 20.7 Å². The Morgan fingerprint density at radius 1 is 1.13 bits per heavy atom. The highest BCUT2D eigenvalue weighted by Gasteiger charge is 2.17. The maximum absolute atomic E-state index is 12.8. The number of likely N-dealkylation sites (tertiary alicyclic amines) is 1. The first-order chi connectivity index (χ1) is 15.2. The van der Waals surface area contributed by atoms with Gasteiger partial charge in [0.15, 0.2) is 5.13 Å². The summed E-state index contributed by atoms with van der Waals surface area (Å²) in [6.45, 7) is 3.28. The fourth-order valence-electron chi connectivity index (χ4n) is 3.96. The van der Waals surface area contributed by atoms with Crippen molar-refractivity contribution < 1.29 is 9.53 Å². The molecule has 4 aromatic rings.